The van der Waals surface area contributed by atoms with Crippen molar-refractivity contribution in [1.82, 2.24) is 10.2 Å². The minimum absolute atomic E-state index is 0.371. The molecule has 2 saturated heterocycles. The summed E-state index contributed by atoms with van der Waals surface area (Å²) in [4.78, 5) is 17.2. The molecule has 4 rings (SSSR count). The molecule has 3 N–H and O–H groups in total. The highest BCUT2D eigenvalue weighted by atomic mass is 16.5. The molecule has 0 unspecified atom stereocenters. The summed E-state index contributed by atoms with van der Waals surface area (Å²) in [5, 5.41) is 3.40. The van der Waals surface area contributed by atoms with Crippen LogP contribution in [-0.4, -0.2) is 62.8 Å². The zero-order valence-electron chi connectivity index (χ0n) is 19.4. The standard InChI is InChI=1S/C26H36N4O2/c1-3-30(23-8-14-32-15-9-23)25-17-22(16-24(19(25)2)26(27)31)21-6-4-20(5-7-21)18-29-12-10-28-11-13-29/h4-7,16-17,23,28H,3,8-15,18H2,1-2H3,(H2,27,31). The van der Waals surface area contributed by atoms with Crippen LogP contribution >= 0.6 is 0 Å². The van der Waals surface area contributed by atoms with Crippen LogP contribution in [0.1, 0.15) is 41.3 Å². The maximum Gasteiger partial charge on any atom is 0.249 e. The van der Waals surface area contributed by atoms with E-state index in [1.807, 2.05) is 13.0 Å². The molecule has 6 heteroatoms. The Bertz CT molecular complexity index is 916. The van der Waals surface area contributed by atoms with Gasteiger partial charge in [0, 0.05) is 69.8 Å². The van der Waals surface area contributed by atoms with Crippen molar-refractivity contribution in [3.8, 4) is 11.1 Å². The lowest BCUT2D eigenvalue weighted by molar-refractivity contribution is 0.0846. The Labute approximate surface area is 191 Å². The zero-order valence-corrected chi connectivity index (χ0v) is 19.4. The van der Waals surface area contributed by atoms with Crippen molar-refractivity contribution < 1.29 is 9.53 Å². The van der Waals surface area contributed by atoms with Crippen molar-refractivity contribution in [2.45, 2.75) is 39.3 Å². The van der Waals surface area contributed by atoms with E-state index in [4.69, 9.17) is 10.5 Å². The summed E-state index contributed by atoms with van der Waals surface area (Å²) in [7, 11) is 0. The number of benzene rings is 2. The summed E-state index contributed by atoms with van der Waals surface area (Å²) in [6.07, 6.45) is 2.01. The molecular formula is C26H36N4O2. The van der Waals surface area contributed by atoms with Gasteiger partial charge < -0.3 is 20.7 Å². The number of hydrogen-bond acceptors (Lipinski definition) is 5. The number of anilines is 1. The summed E-state index contributed by atoms with van der Waals surface area (Å²) in [5.74, 6) is -0.371. The number of nitrogens with zero attached hydrogens (tertiary/aromatic N) is 2. The Hall–Kier alpha value is -2.41. The lowest BCUT2D eigenvalue weighted by Gasteiger charge is -2.37. The van der Waals surface area contributed by atoms with Gasteiger partial charge in [0.1, 0.15) is 0 Å². The van der Waals surface area contributed by atoms with Crippen molar-refractivity contribution in [2.75, 3.05) is 50.8 Å². The van der Waals surface area contributed by atoms with Crippen LogP contribution in [0, 0.1) is 6.92 Å². The maximum atomic E-state index is 12.3. The molecule has 2 fully saturated rings. The van der Waals surface area contributed by atoms with Gasteiger partial charge in [-0.3, -0.25) is 9.69 Å². The van der Waals surface area contributed by atoms with Crippen LogP contribution in [0.25, 0.3) is 11.1 Å². The van der Waals surface area contributed by atoms with Gasteiger partial charge in [0.15, 0.2) is 0 Å². The largest absolute Gasteiger partial charge is 0.381 e. The molecule has 0 saturated carbocycles. The van der Waals surface area contributed by atoms with E-state index in [9.17, 15) is 4.79 Å². The van der Waals surface area contributed by atoms with Gasteiger partial charge in [-0.2, -0.15) is 0 Å². The van der Waals surface area contributed by atoms with E-state index in [-0.39, 0.29) is 5.91 Å². The molecule has 2 aliphatic rings. The van der Waals surface area contributed by atoms with Gasteiger partial charge >= 0.3 is 0 Å². The topological polar surface area (TPSA) is 70.8 Å². The minimum atomic E-state index is -0.371. The number of nitrogens with two attached hydrogens (primary N) is 1. The Morgan fingerprint density at radius 1 is 1.12 bits per heavy atom. The summed E-state index contributed by atoms with van der Waals surface area (Å²) in [6.45, 7) is 11.9. The van der Waals surface area contributed by atoms with Crippen LogP contribution in [0.15, 0.2) is 36.4 Å². The zero-order chi connectivity index (χ0) is 22.5. The van der Waals surface area contributed by atoms with E-state index in [1.165, 1.54) is 5.56 Å². The molecule has 0 spiro atoms. The molecule has 6 nitrogen and oxygen atoms in total. The number of carbonyl (C=O) groups is 1. The molecule has 0 aromatic heterocycles. The maximum absolute atomic E-state index is 12.3. The predicted molar refractivity (Wildman–Crippen MR) is 130 cm³/mol. The fourth-order valence-corrected chi connectivity index (χ4v) is 4.97. The summed E-state index contributed by atoms with van der Waals surface area (Å²) >= 11 is 0. The normalized spacial score (nSPS) is 17.9. The van der Waals surface area contributed by atoms with Crippen LogP contribution in [-0.2, 0) is 11.3 Å². The molecule has 0 atom stereocenters. The van der Waals surface area contributed by atoms with Gasteiger partial charge in [0.2, 0.25) is 5.91 Å². The highest BCUT2D eigenvalue weighted by Crippen LogP contribution is 2.33. The van der Waals surface area contributed by atoms with Crippen LogP contribution in [0.3, 0.4) is 0 Å². The van der Waals surface area contributed by atoms with E-state index in [1.54, 1.807) is 0 Å². The Morgan fingerprint density at radius 3 is 2.44 bits per heavy atom. The number of primary amides is 1. The summed E-state index contributed by atoms with van der Waals surface area (Å²) in [5.41, 5.74) is 11.9. The molecule has 172 valence electrons. The first kappa shape index (κ1) is 22.8. The van der Waals surface area contributed by atoms with Crippen LogP contribution in [0.4, 0.5) is 5.69 Å². The Kier molecular flexibility index (Phi) is 7.45. The molecule has 0 aliphatic carbocycles. The van der Waals surface area contributed by atoms with Crippen molar-refractivity contribution in [3.05, 3.63) is 53.1 Å². The third kappa shape index (κ3) is 5.14. The second kappa shape index (κ2) is 10.5. The van der Waals surface area contributed by atoms with Gasteiger partial charge in [-0.05, 0) is 61.1 Å². The fourth-order valence-electron chi connectivity index (χ4n) is 4.97. The van der Waals surface area contributed by atoms with Crippen LogP contribution in [0.5, 0.6) is 0 Å². The molecule has 2 aromatic carbocycles. The SMILES string of the molecule is CCN(c1cc(-c2ccc(CN3CCNCC3)cc2)cc(C(N)=O)c1C)C1CCOCC1. The average Bonchev–Trinajstić information content (AvgIpc) is 2.82. The smallest absolute Gasteiger partial charge is 0.249 e. The van der Waals surface area contributed by atoms with Gasteiger partial charge in [0.25, 0.3) is 0 Å². The Balaban J connectivity index is 1.63. The number of rotatable bonds is 7. The monoisotopic (exact) mass is 436 g/mol. The van der Waals surface area contributed by atoms with Gasteiger partial charge in [-0.1, -0.05) is 24.3 Å². The summed E-state index contributed by atoms with van der Waals surface area (Å²) < 4.78 is 5.57. The average molecular weight is 437 g/mol. The van der Waals surface area contributed by atoms with E-state index < -0.39 is 0 Å². The third-order valence-corrected chi connectivity index (χ3v) is 6.83. The molecule has 2 aliphatic heterocycles. The van der Waals surface area contributed by atoms with Crippen molar-refractivity contribution >= 4 is 11.6 Å². The number of carbonyl (C=O) groups excluding carboxylic acids is 1. The highest BCUT2D eigenvalue weighted by molar-refractivity contribution is 5.97. The lowest BCUT2D eigenvalue weighted by atomic mass is 9.95. The van der Waals surface area contributed by atoms with Crippen molar-refractivity contribution in [3.63, 3.8) is 0 Å². The lowest BCUT2D eigenvalue weighted by Crippen LogP contribution is -2.42. The number of amides is 1. The van der Waals surface area contributed by atoms with E-state index in [0.29, 0.717) is 11.6 Å². The Morgan fingerprint density at radius 2 is 1.81 bits per heavy atom. The summed E-state index contributed by atoms with van der Waals surface area (Å²) in [6, 6.07) is 13.3. The van der Waals surface area contributed by atoms with Crippen molar-refractivity contribution in [2.24, 2.45) is 5.73 Å². The molecule has 1 amide bonds. The fraction of sp³-hybridized carbons (Fsp3) is 0.500. The minimum Gasteiger partial charge on any atom is -0.381 e. The van der Waals surface area contributed by atoms with Gasteiger partial charge in [-0.15, -0.1) is 0 Å². The number of piperazine rings is 1. The molecule has 0 radical (unpaired) electrons. The van der Waals surface area contributed by atoms with Crippen LogP contribution < -0.4 is 16.0 Å². The molecular weight excluding hydrogens is 400 g/mol. The predicted octanol–water partition coefficient (Wildman–Crippen LogP) is 3.17. The molecule has 32 heavy (non-hydrogen) atoms. The first-order valence-electron chi connectivity index (χ1n) is 11.9. The molecule has 2 aromatic rings. The second-order valence-corrected chi connectivity index (χ2v) is 8.88. The second-order valence-electron chi connectivity index (χ2n) is 8.88. The first-order chi connectivity index (χ1) is 15.6. The number of ether oxygens (including phenoxy) is 1. The highest BCUT2D eigenvalue weighted by Gasteiger charge is 2.24. The first-order valence-corrected chi connectivity index (χ1v) is 11.9. The third-order valence-electron chi connectivity index (χ3n) is 6.83. The molecule has 2 heterocycles. The van der Waals surface area contributed by atoms with Crippen molar-refractivity contribution in [1.29, 1.82) is 0 Å². The number of hydrogen-bond donors (Lipinski definition) is 2. The van der Waals surface area contributed by atoms with E-state index in [2.05, 4.69) is 52.4 Å². The van der Waals surface area contributed by atoms with Gasteiger partial charge in [0.05, 0.1) is 0 Å². The molecule has 0 bridgehead atoms. The van der Waals surface area contributed by atoms with Crippen LogP contribution in [0.2, 0.25) is 0 Å². The van der Waals surface area contributed by atoms with E-state index >= 15 is 0 Å². The van der Waals surface area contributed by atoms with E-state index in [0.717, 1.165) is 87.7 Å². The van der Waals surface area contributed by atoms with Gasteiger partial charge in [-0.25, -0.2) is 0 Å². The number of nitrogens with one attached hydrogen (secondary N) is 1. The quantitative estimate of drug-likeness (QED) is 0.698.